The second-order valence-electron chi connectivity index (χ2n) is 10.3. The fourth-order valence-electron chi connectivity index (χ4n) is 5.50. The zero-order valence-corrected chi connectivity index (χ0v) is 22.2. The summed E-state index contributed by atoms with van der Waals surface area (Å²) in [5, 5.41) is 1.06. The summed E-state index contributed by atoms with van der Waals surface area (Å²) < 4.78 is 0. The minimum atomic E-state index is -0.0235. The number of para-hydroxylation sites is 1. The largest absolute Gasteiger partial charge is 0.228 e. The van der Waals surface area contributed by atoms with Crippen LogP contribution in [-0.4, -0.2) is 9.97 Å². The quantitative estimate of drug-likeness (QED) is 0.239. The number of aromatic nitrogens is 2. The normalized spacial score (nSPS) is 13.6. The third kappa shape index (κ3) is 3.82. The van der Waals surface area contributed by atoms with Crippen molar-refractivity contribution in [2.24, 2.45) is 0 Å². The van der Waals surface area contributed by atoms with E-state index in [9.17, 15) is 0 Å². The van der Waals surface area contributed by atoms with Gasteiger partial charge in [0.25, 0.3) is 0 Å². The van der Waals surface area contributed by atoms with E-state index in [1.807, 2.05) is 30.0 Å². The van der Waals surface area contributed by atoms with Crippen LogP contribution in [0.2, 0.25) is 0 Å². The lowest BCUT2D eigenvalue weighted by Crippen LogP contribution is -2.23. The highest BCUT2D eigenvalue weighted by Crippen LogP contribution is 2.49. The van der Waals surface area contributed by atoms with Crippen LogP contribution in [0.3, 0.4) is 0 Å². The van der Waals surface area contributed by atoms with Crippen molar-refractivity contribution in [2.45, 2.75) is 29.1 Å². The number of hydrogen-bond donors (Lipinski definition) is 0. The summed E-state index contributed by atoms with van der Waals surface area (Å²) in [4.78, 5) is 12.7. The van der Waals surface area contributed by atoms with Gasteiger partial charge in [-0.05, 0) is 46.5 Å². The number of fused-ring (bicyclic) bond motifs is 3. The molecule has 0 bridgehead atoms. The summed E-state index contributed by atoms with van der Waals surface area (Å²) in [6, 6.07) is 42.9. The Morgan fingerprint density at radius 2 is 1.21 bits per heavy atom. The van der Waals surface area contributed by atoms with Gasteiger partial charge in [-0.15, -0.1) is 0 Å². The smallest absolute Gasteiger partial charge is 0.160 e. The molecule has 0 radical (unpaired) electrons. The zero-order valence-electron chi connectivity index (χ0n) is 21.3. The van der Waals surface area contributed by atoms with Crippen LogP contribution >= 0.6 is 11.8 Å². The molecular weight excluding hydrogens is 480 g/mol. The van der Waals surface area contributed by atoms with Crippen LogP contribution in [0.4, 0.5) is 0 Å². The van der Waals surface area contributed by atoms with Gasteiger partial charge < -0.3 is 0 Å². The summed E-state index contributed by atoms with van der Waals surface area (Å²) in [6.07, 6.45) is 0. The molecule has 0 saturated heterocycles. The van der Waals surface area contributed by atoms with E-state index in [0.29, 0.717) is 0 Å². The van der Waals surface area contributed by atoms with Crippen molar-refractivity contribution in [2.75, 3.05) is 0 Å². The van der Waals surface area contributed by atoms with Gasteiger partial charge in [0, 0.05) is 31.7 Å². The van der Waals surface area contributed by atoms with Crippen molar-refractivity contribution in [3.05, 3.63) is 132 Å². The predicted molar refractivity (Wildman–Crippen MR) is 159 cm³/mol. The SMILES string of the molecule is CC1(C)c2ccccc2Sc2cc(-c3cccc(-c4nc(-c5ccccc5)c5ccccc5n4)c3)ccc21. The van der Waals surface area contributed by atoms with Crippen molar-refractivity contribution >= 4 is 22.7 Å². The van der Waals surface area contributed by atoms with Crippen LogP contribution in [0.15, 0.2) is 131 Å². The molecule has 1 aliphatic rings. The third-order valence-corrected chi connectivity index (χ3v) is 8.67. The monoisotopic (exact) mass is 506 g/mol. The Labute approximate surface area is 227 Å². The molecule has 0 unspecified atom stereocenters. The first-order chi connectivity index (χ1) is 18.6. The molecule has 6 aromatic rings. The maximum absolute atomic E-state index is 5.08. The molecule has 38 heavy (non-hydrogen) atoms. The molecule has 1 aliphatic heterocycles. The van der Waals surface area contributed by atoms with E-state index in [1.165, 1.54) is 32.0 Å². The number of nitrogens with zero attached hydrogens (tertiary/aromatic N) is 2. The summed E-state index contributed by atoms with van der Waals surface area (Å²) in [7, 11) is 0. The van der Waals surface area contributed by atoms with E-state index in [2.05, 4.69) is 117 Å². The summed E-state index contributed by atoms with van der Waals surface area (Å²) >= 11 is 1.87. The van der Waals surface area contributed by atoms with Crippen molar-refractivity contribution in [3.63, 3.8) is 0 Å². The maximum Gasteiger partial charge on any atom is 0.160 e. The Balaban J connectivity index is 1.32. The van der Waals surface area contributed by atoms with Crippen molar-refractivity contribution in [3.8, 4) is 33.8 Å². The van der Waals surface area contributed by atoms with Crippen molar-refractivity contribution in [1.82, 2.24) is 9.97 Å². The molecule has 0 atom stereocenters. The molecule has 2 nitrogen and oxygen atoms in total. The predicted octanol–water partition coefficient (Wildman–Crippen LogP) is 9.42. The average Bonchev–Trinajstić information content (AvgIpc) is 2.97. The first kappa shape index (κ1) is 22.9. The molecule has 0 spiro atoms. The average molecular weight is 507 g/mol. The molecule has 5 aromatic carbocycles. The molecule has 0 aliphatic carbocycles. The van der Waals surface area contributed by atoms with Gasteiger partial charge in [0.2, 0.25) is 0 Å². The van der Waals surface area contributed by atoms with Gasteiger partial charge in [0.1, 0.15) is 0 Å². The fourth-order valence-corrected chi connectivity index (χ4v) is 6.93. The highest BCUT2D eigenvalue weighted by atomic mass is 32.2. The lowest BCUT2D eigenvalue weighted by atomic mass is 9.77. The Morgan fingerprint density at radius 1 is 0.526 bits per heavy atom. The minimum Gasteiger partial charge on any atom is -0.228 e. The van der Waals surface area contributed by atoms with E-state index in [0.717, 1.165) is 33.5 Å². The molecular formula is C35H26N2S. The van der Waals surface area contributed by atoms with Gasteiger partial charge in [0.15, 0.2) is 5.82 Å². The van der Waals surface area contributed by atoms with E-state index in [1.54, 1.807) is 0 Å². The summed E-state index contributed by atoms with van der Waals surface area (Å²) in [5.74, 6) is 0.742. The van der Waals surface area contributed by atoms with Crippen LogP contribution < -0.4 is 0 Å². The highest BCUT2D eigenvalue weighted by Gasteiger charge is 2.32. The molecule has 0 N–H and O–H groups in total. The number of benzene rings is 5. The van der Waals surface area contributed by atoms with Gasteiger partial charge in [-0.2, -0.15) is 0 Å². The zero-order chi connectivity index (χ0) is 25.7. The lowest BCUT2D eigenvalue weighted by Gasteiger charge is -2.34. The summed E-state index contributed by atoms with van der Waals surface area (Å²) in [5.41, 5.74) is 9.15. The highest BCUT2D eigenvalue weighted by molar-refractivity contribution is 7.99. The van der Waals surface area contributed by atoms with Crippen LogP contribution in [-0.2, 0) is 5.41 Å². The first-order valence-electron chi connectivity index (χ1n) is 12.9. The van der Waals surface area contributed by atoms with Crippen molar-refractivity contribution < 1.29 is 0 Å². The lowest BCUT2D eigenvalue weighted by molar-refractivity contribution is 0.607. The molecule has 0 fully saturated rings. The summed E-state index contributed by atoms with van der Waals surface area (Å²) in [6.45, 7) is 4.65. The Bertz CT molecular complexity index is 1820. The third-order valence-electron chi connectivity index (χ3n) is 7.54. The van der Waals surface area contributed by atoms with E-state index >= 15 is 0 Å². The Kier molecular flexibility index (Phi) is 5.41. The van der Waals surface area contributed by atoms with Crippen LogP contribution in [0, 0.1) is 0 Å². The van der Waals surface area contributed by atoms with Gasteiger partial charge in [0.05, 0.1) is 11.2 Å². The first-order valence-corrected chi connectivity index (χ1v) is 13.7. The molecule has 182 valence electrons. The molecule has 3 heteroatoms. The minimum absolute atomic E-state index is 0.0235. The molecule has 0 amide bonds. The Hall–Kier alpha value is -4.21. The molecule has 0 saturated carbocycles. The topological polar surface area (TPSA) is 25.8 Å². The fraction of sp³-hybridized carbons (Fsp3) is 0.0857. The number of rotatable bonds is 3. The maximum atomic E-state index is 5.08. The van der Waals surface area contributed by atoms with Crippen molar-refractivity contribution in [1.29, 1.82) is 0 Å². The molecule has 1 aromatic heterocycles. The van der Waals surface area contributed by atoms with E-state index in [-0.39, 0.29) is 5.41 Å². The van der Waals surface area contributed by atoms with Crippen LogP contribution in [0.1, 0.15) is 25.0 Å². The molecule has 7 rings (SSSR count). The van der Waals surface area contributed by atoms with Gasteiger partial charge in [-0.3, -0.25) is 0 Å². The van der Waals surface area contributed by atoms with Crippen LogP contribution in [0.5, 0.6) is 0 Å². The standard InChI is InChI=1S/C35H26N2S/c1-35(2)28-16-7-9-18-31(28)38-32-22-25(19-20-29(32)35)24-13-10-14-26(21-24)34-36-30-17-8-6-15-27(30)33(37-34)23-11-4-3-5-12-23/h3-22H,1-2H3. The Morgan fingerprint density at radius 3 is 2.11 bits per heavy atom. The van der Waals surface area contributed by atoms with E-state index < -0.39 is 0 Å². The number of hydrogen-bond acceptors (Lipinski definition) is 3. The van der Waals surface area contributed by atoms with Gasteiger partial charge in [-0.1, -0.05) is 123 Å². The van der Waals surface area contributed by atoms with E-state index in [4.69, 9.17) is 9.97 Å². The van der Waals surface area contributed by atoms with Gasteiger partial charge >= 0.3 is 0 Å². The van der Waals surface area contributed by atoms with Gasteiger partial charge in [-0.25, -0.2) is 9.97 Å². The van der Waals surface area contributed by atoms with Crippen LogP contribution in [0.25, 0.3) is 44.7 Å². The molecule has 2 heterocycles. The second kappa shape index (κ2) is 8.97. The second-order valence-corrected chi connectivity index (χ2v) is 11.4.